The Morgan fingerprint density at radius 1 is 1.15 bits per heavy atom. The van der Waals surface area contributed by atoms with E-state index in [1.54, 1.807) is 0 Å². The Balaban J connectivity index is 1.39. The van der Waals surface area contributed by atoms with Gasteiger partial charge >= 0.3 is 0 Å². The zero-order valence-electron chi connectivity index (χ0n) is 14.7. The van der Waals surface area contributed by atoms with Crippen LogP contribution in [0.4, 0.5) is 5.69 Å². The highest BCUT2D eigenvalue weighted by Gasteiger charge is 2.27. The summed E-state index contributed by atoms with van der Waals surface area (Å²) in [5.41, 5.74) is 0.771. The van der Waals surface area contributed by atoms with Crippen LogP contribution in [0, 0.1) is 0 Å². The summed E-state index contributed by atoms with van der Waals surface area (Å²) < 4.78 is 13.6. The molecule has 0 aliphatic carbocycles. The lowest BCUT2D eigenvalue weighted by atomic mass is 10.2. The molecule has 4 rings (SSSR count). The average Bonchev–Trinajstić information content (AvgIpc) is 3.07. The number of ether oxygens (including phenoxy) is 2. The number of fused-ring (bicyclic) bond motifs is 1. The van der Waals surface area contributed by atoms with Gasteiger partial charge in [-0.3, -0.25) is 4.79 Å². The number of nitrogens with zero attached hydrogens (tertiary/aromatic N) is 3. The molecule has 0 bridgehead atoms. The predicted octanol–water partition coefficient (Wildman–Crippen LogP) is 3.06. The molecule has 2 heterocycles. The summed E-state index contributed by atoms with van der Waals surface area (Å²) in [5.74, 6) is 2.22. The molecule has 1 atom stereocenters. The lowest BCUT2D eigenvalue weighted by molar-refractivity contribution is -0.113. The van der Waals surface area contributed by atoms with Crippen molar-refractivity contribution in [2.45, 2.75) is 11.3 Å². The molecule has 0 saturated carbocycles. The number of carbonyl (C=O) groups excluding carboxylic acids is 1. The van der Waals surface area contributed by atoms with Crippen LogP contribution in [-0.2, 0) is 11.8 Å². The minimum absolute atomic E-state index is 0.0954. The number of thioether (sulfide) groups is 1. The topological polar surface area (TPSA) is 78.3 Å². The van der Waals surface area contributed by atoms with Crippen molar-refractivity contribution >= 4 is 23.4 Å². The first-order valence-corrected chi connectivity index (χ1v) is 9.45. The van der Waals surface area contributed by atoms with Crippen LogP contribution in [0.1, 0.15) is 11.9 Å². The molecule has 27 heavy (non-hydrogen) atoms. The smallest absolute Gasteiger partial charge is 0.234 e. The first kappa shape index (κ1) is 17.4. The van der Waals surface area contributed by atoms with Gasteiger partial charge in [-0.05, 0) is 24.3 Å². The molecule has 0 fully saturated rings. The van der Waals surface area contributed by atoms with Gasteiger partial charge in [0, 0.05) is 12.7 Å². The SMILES string of the molecule is Cn1c(SCC(=O)Nc2ccccc2)nnc1[C@@H]1COc2ccccc2O1. The molecule has 8 heteroatoms. The molecule has 1 amide bonds. The summed E-state index contributed by atoms with van der Waals surface area (Å²) in [7, 11) is 1.86. The Hall–Kier alpha value is -3.00. The molecular formula is C19H18N4O3S. The second-order valence-electron chi connectivity index (χ2n) is 5.97. The second kappa shape index (κ2) is 7.71. The zero-order valence-corrected chi connectivity index (χ0v) is 15.5. The minimum Gasteiger partial charge on any atom is -0.485 e. The van der Waals surface area contributed by atoms with Crippen molar-refractivity contribution in [3.8, 4) is 11.5 Å². The minimum atomic E-state index is -0.343. The van der Waals surface area contributed by atoms with Gasteiger partial charge in [0.05, 0.1) is 5.75 Å². The van der Waals surface area contributed by atoms with Crippen molar-refractivity contribution in [1.29, 1.82) is 0 Å². The maximum Gasteiger partial charge on any atom is 0.234 e. The molecule has 1 aromatic heterocycles. The summed E-state index contributed by atoms with van der Waals surface area (Å²) in [6.07, 6.45) is -0.343. The Labute approximate surface area is 160 Å². The highest BCUT2D eigenvalue weighted by atomic mass is 32.2. The standard InChI is InChI=1S/C19H18N4O3S/c1-23-18(16-11-25-14-9-5-6-10-15(14)26-16)21-22-19(23)27-12-17(24)20-13-7-3-2-4-8-13/h2-10,16H,11-12H2,1H3,(H,20,24)/t16-/m0/s1. The number of hydrogen-bond acceptors (Lipinski definition) is 6. The van der Waals surface area contributed by atoms with E-state index < -0.39 is 0 Å². The molecule has 0 unspecified atom stereocenters. The summed E-state index contributed by atoms with van der Waals surface area (Å²) in [4.78, 5) is 12.1. The van der Waals surface area contributed by atoms with Crippen molar-refractivity contribution in [2.24, 2.45) is 7.05 Å². The van der Waals surface area contributed by atoms with Crippen LogP contribution < -0.4 is 14.8 Å². The number of rotatable bonds is 5. The van der Waals surface area contributed by atoms with Crippen LogP contribution in [-0.4, -0.2) is 33.0 Å². The summed E-state index contributed by atoms with van der Waals surface area (Å²) in [5, 5.41) is 11.9. The number of hydrogen-bond donors (Lipinski definition) is 1. The zero-order chi connectivity index (χ0) is 18.6. The number of aromatic nitrogens is 3. The lowest BCUT2D eigenvalue weighted by Crippen LogP contribution is -2.24. The van der Waals surface area contributed by atoms with E-state index in [4.69, 9.17) is 9.47 Å². The van der Waals surface area contributed by atoms with Crippen molar-refractivity contribution in [3.63, 3.8) is 0 Å². The van der Waals surface area contributed by atoms with E-state index in [9.17, 15) is 4.79 Å². The Morgan fingerprint density at radius 2 is 1.89 bits per heavy atom. The molecule has 0 saturated heterocycles. The van der Waals surface area contributed by atoms with E-state index in [0.29, 0.717) is 23.3 Å². The molecule has 0 radical (unpaired) electrons. The van der Waals surface area contributed by atoms with Crippen molar-refractivity contribution < 1.29 is 14.3 Å². The first-order valence-electron chi connectivity index (χ1n) is 8.46. The molecule has 0 spiro atoms. The van der Waals surface area contributed by atoms with Crippen LogP contribution in [0.15, 0.2) is 59.8 Å². The fourth-order valence-corrected chi connectivity index (χ4v) is 3.45. The third kappa shape index (κ3) is 3.90. The van der Waals surface area contributed by atoms with Crippen LogP contribution in [0.2, 0.25) is 0 Å². The summed E-state index contributed by atoms with van der Waals surface area (Å²) >= 11 is 1.33. The Kier molecular flexibility index (Phi) is 4.97. The van der Waals surface area contributed by atoms with Crippen LogP contribution >= 0.6 is 11.8 Å². The maximum atomic E-state index is 12.1. The number of carbonyl (C=O) groups is 1. The van der Waals surface area contributed by atoms with Crippen molar-refractivity contribution in [3.05, 3.63) is 60.4 Å². The van der Waals surface area contributed by atoms with E-state index in [1.807, 2.05) is 66.2 Å². The number of benzene rings is 2. The van der Waals surface area contributed by atoms with Gasteiger partial charge < -0.3 is 19.4 Å². The normalized spacial score (nSPS) is 15.4. The lowest BCUT2D eigenvalue weighted by Gasteiger charge is -2.25. The Bertz CT molecular complexity index is 945. The predicted molar refractivity (Wildman–Crippen MR) is 102 cm³/mol. The molecule has 1 aliphatic rings. The first-order chi connectivity index (χ1) is 13.2. The third-order valence-electron chi connectivity index (χ3n) is 4.06. The fraction of sp³-hybridized carbons (Fsp3) is 0.211. The number of anilines is 1. The van der Waals surface area contributed by atoms with Gasteiger partial charge in [-0.25, -0.2) is 0 Å². The molecule has 7 nitrogen and oxygen atoms in total. The van der Waals surface area contributed by atoms with Gasteiger partial charge in [0.15, 0.2) is 28.6 Å². The largest absolute Gasteiger partial charge is 0.485 e. The summed E-state index contributed by atoms with van der Waals surface area (Å²) in [6.45, 7) is 0.363. The van der Waals surface area contributed by atoms with E-state index in [-0.39, 0.29) is 17.8 Å². The van der Waals surface area contributed by atoms with Crippen LogP contribution in [0.3, 0.4) is 0 Å². The summed E-state index contributed by atoms with van der Waals surface area (Å²) in [6, 6.07) is 16.9. The monoisotopic (exact) mass is 382 g/mol. The maximum absolute atomic E-state index is 12.1. The van der Waals surface area contributed by atoms with Crippen molar-refractivity contribution in [1.82, 2.24) is 14.8 Å². The second-order valence-corrected chi connectivity index (χ2v) is 6.91. The van der Waals surface area contributed by atoms with E-state index >= 15 is 0 Å². The molecule has 1 N–H and O–H groups in total. The van der Waals surface area contributed by atoms with Gasteiger partial charge in [0.1, 0.15) is 6.61 Å². The van der Waals surface area contributed by atoms with Gasteiger partial charge in [-0.15, -0.1) is 10.2 Å². The number of para-hydroxylation sites is 3. The van der Waals surface area contributed by atoms with Gasteiger partial charge in [0.2, 0.25) is 5.91 Å². The molecule has 2 aromatic carbocycles. The number of amides is 1. The average molecular weight is 382 g/mol. The van der Waals surface area contributed by atoms with E-state index in [1.165, 1.54) is 11.8 Å². The van der Waals surface area contributed by atoms with Crippen LogP contribution in [0.5, 0.6) is 11.5 Å². The van der Waals surface area contributed by atoms with E-state index in [0.717, 1.165) is 11.4 Å². The molecule has 3 aromatic rings. The molecule has 138 valence electrons. The van der Waals surface area contributed by atoms with Gasteiger partial charge in [0.25, 0.3) is 0 Å². The third-order valence-corrected chi connectivity index (χ3v) is 5.08. The highest BCUT2D eigenvalue weighted by molar-refractivity contribution is 7.99. The highest BCUT2D eigenvalue weighted by Crippen LogP contribution is 2.35. The van der Waals surface area contributed by atoms with E-state index in [2.05, 4.69) is 15.5 Å². The van der Waals surface area contributed by atoms with Gasteiger partial charge in [-0.2, -0.15) is 0 Å². The quantitative estimate of drug-likeness (QED) is 0.684. The Morgan fingerprint density at radius 3 is 2.70 bits per heavy atom. The molecule has 1 aliphatic heterocycles. The van der Waals surface area contributed by atoms with Gasteiger partial charge in [-0.1, -0.05) is 42.1 Å². The van der Waals surface area contributed by atoms with Crippen molar-refractivity contribution in [2.75, 3.05) is 17.7 Å². The fourth-order valence-electron chi connectivity index (χ4n) is 2.73. The van der Waals surface area contributed by atoms with Crippen LogP contribution in [0.25, 0.3) is 0 Å². The number of nitrogens with one attached hydrogen (secondary N) is 1. The molecular weight excluding hydrogens is 364 g/mol.